The monoisotopic (exact) mass is 391 g/mol. The van der Waals surface area contributed by atoms with Crippen LogP contribution >= 0.6 is 22.6 Å². The Balaban J connectivity index is 0.000000347. The van der Waals surface area contributed by atoms with E-state index in [0.717, 1.165) is 36.0 Å². The molecule has 20 heavy (non-hydrogen) atoms. The van der Waals surface area contributed by atoms with Gasteiger partial charge >= 0.3 is 5.97 Å². The van der Waals surface area contributed by atoms with Gasteiger partial charge in [0.05, 0.1) is 10.2 Å². The van der Waals surface area contributed by atoms with Crippen molar-refractivity contribution in [2.75, 3.05) is 17.6 Å². The van der Waals surface area contributed by atoms with E-state index in [4.69, 9.17) is 5.11 Å². The Bertz CT molecular complexity index is 403. The first kappa shape index (κ1) is 17.4. The van der Waals surface area contributed by atoms with E-state index in [1.807, 2.05) is 30.3 Å². The summed E-state index contributed by atoms with van der Waals surface area (Å²) < 4.78 is 1.06. The molecule has 2 rings (SSSR count). The van der Waals surface area contributed by atoms with Crippen molar-refractivity contribution in [3.05, 3.63) is 35.9 Å². The molecule has 1 aliphatic heterocycles. The highest BCUT2D eigenvalue weighted by atomic mass is 127. The molecular weight excluding hydrogens is 369 g/mol. The first-order chi connectivity index (χ1) is 9.51. The number of carboxylic acid groups (broad SMARTS) is 1. The standard InChI is InChI=1S/C12H16INO.C3H6O2/c13-10-14-8-6-12(15,7-9-14)11-4-2-1-3-5-11;1-2-3(4)5/h1-5,15H,6-10H2;2H2,1H3,(H,4,5). The quantitative estimate of drug-likeness (QED) is 0.473. The number of aliphatic hydroxyl groups is 1. The second-order valence-corrected chi connectivity index (χ2v) is 5.56. The number of hydrogen-bond donors (Lipinski definition) is 2. The van der Waals surface area contributed by atoms with Crippen molar-refractivity contribution in [1.29, 1.82) is 0 Å². The Morgan fingerprint density at radius 2 is 1.80 bits per heavy atom. The highest BCUT2D eigenvalue weighted by molar-refractivity contribution is 14.1. The first-order valence-corrected chi connectivity index (χ1v) is 8.32. The maximum Gasteiger partial charge on any atom is 0.303 e. The predicted octanol–water partition coefficient (Wildman–Crippen LogP) is 2.84. The summed E-state index contributed by atoms with van der Waals surface area (Å²) in [5, 5.41) is 18.2. The lowest BCUT2D eigenvalue weighted by molar-refractivity contribution is -0.136. The summed E-state index contributed by atoms with van der Waals surface area (Å²) in [7, 11) is 0. The number of alkyl halides is 1. The zero-order valence-corrected chi connectivity index (χ0v) is 13.9. The molecule has 0 unspecified atom stereocenters. The van der Waals surface area contributed by atoms with Crippen LogP contribution in [0.25, 0.3) is 0 Å². The molecule has 1 heterocycles. The minimum absolute atomic E-state index is 0.222. The molecule has 1 fully saturated rings. The SMILES string of the molecule is CCC(=O)O.OC1(c2ccccc2)CCN(CI)CC1. The first-order valence-electron chi connectivity index (χ1n) is 6.80. The zero-order chi connectivity index (χ0) is 15.0. The molecule has 2 N–H and O–H groups in total. The van der Waals surface area contributed by atoms with Crippen LogP contribution < -0.4 is 0 Å². The lowest BCUT2D eigenvalue weighted by Crippen LogP contribution is -2.41. The van der Waals surface area contributed by atoms with Crippen molar-refractivity contribution in [2.45, 2.75) is 31.8 Å². The Morgan fingerprint density at radius 3 is 2.20 bits per heavy atom. The number of carboxylic acids is 1. The second-order valence-electron chi connectivity index (χ2n) is 4.88. The summed E-state index contributed by atoms with van der Waals surface area (Å²) >= 11 is 2.38. The van der Waals surface area contributed by atoms with Gasteiger partial charge in [0.1, 0.15) is 0 Å². The maximum atomic E-state index is 10.5. The molecule has 0 radical (unpaired) electrons. The number of likely N-dealkylation sites (tertiary alicyclic amines) is 1. The number of piperidine rings is 1. The summed E-state index contributed by atoms with van der Waals surface area (Å²) in [4.78, 5) is 11.7. The third-order valence-electron chi connectivity index (χ3n) is 3.47. The van der Waals surface area contributed by atoms with Gasteiger partial charge < -0.3 is 10.2 Å². The number of benzene rings is 1. The smallest absolute Gasteiger partial charge is 0.303 e. The summed E-state index contributed by atoms with van der Waals surface area (Å²) in [6.07, 6.45) is 1.92. The molecule has 1 aliphatic rings. The normalized spacial score (nSPS) is 17.9. The highest BCUT2D eigenvalue weighted by Gasteiger charge is 2.33. The van der Waals surface area contributed by atoms with Crippen LogP contribution in [0.15, 0.2) is 30.3 Å². The maximum absolute atomic E-state index is 10.5. The van der Waals surface area contributed by atoms with E-state index in [9.17, 15) is 9.90 Å². The predicted molar refractivity (Wildman–Crippen MR) is 88.0 cm³/mol. The van der Waals surface area contributed by atoms with Crippen molar-refractivity contribution in [1.82, 2.24) is 4.90 Å². The highest BCUT2D eigenvalue weighted by Crippen LogP contribution is 2.32. The third kappa shape index (κ3) is 5.38. The molecule has 1 aromatic rings. The van der Waals surface area contributed by atoms with Crippen LogP contribution in [0.3, 0.4) is 0 Å². The lowest BCUT2D eigenvalue weighted by Gasteiger charge is -2.37. The van der Waals surface area contributed by atoms with Crippen molar-refractivity contribution >= 4 is 28.6 Å². The van der Waals surface area contributed by atoms with Gasteiger partial charge in [0.2, 0.25) is 0 Å². The summed E-state index contributed by atoms with van der Waals surface area (Å²) in [5.74, 6) is -0.745. The van der Waals surface area contributed by atoms with Gasteiger partial charge in [-0.15, -0.1) is 0 Å². The van der Waals surface area contributed by atoms with Crippen molar-refractivity contribution < 1.29 is 15.0 Å². The third-order valence-corrected chi connectivity index (χ3v) is 4.43. The van der Waals surface area contributed by atoms with Crippen molar-refractivity contribution in [3.8, 4) is 0 Å². The van der Waals surface area contributed by atoms with Gasteiger partial charge in [-0.3, -0.25) is 9.69 Å². The van der Waals surface area contributed by atoms with Gasteiger partial charge in [-0.2, -0.15) is 0 Å². The summed E-state index contributed by atoms with van der Waals surface area (Å²) in [6, 6.07) is 10.0. The van der Waals surface area contributed by atoms with Gasteiger partial charge in [-0.1, -0.05) is 59.8 Å². The second kappa shape index (κ2) is 8.59. The fraction of sp³-hybridized carbons (Fsp3) is 0.533. The van der Waals surface area contributed by atoms with Crippen LogP contribution in [0, 0.1) is 0 Å². The molecule has 1 aromatic carbocycles. The molecule has 0 spiro atoms. The number of nitrogens with zero attached hydrogens (tertiary/aromatic N) is 1. The molecule has 1 saturated heterocycles. The van der Waals surface area contributed by atoms with E-state index in [2.05, 4.69) is 27.5 Å². The summed E-state index contributed by atoms with van der Waals surface area (Å²) in [5.41, 5.74) is 0.474. The Labute approximate surface area is 133 Å². The average Bonchev–Trinajstić information content (AvgIpc) is 2.49. The molecule has 0 bridgehead atoms. The van der Waals surface area contributed by atoms with Crippen LogP contribution in [0.5, 0.6) is 0 Å². The largest absolute Gasteiger partial charge is 0.481 e. The van der Waals surface area contributed by atoms with Crippen molar-refractivity contribution in [2.24, 2.45) is 0 Å². The summed E-state index contributed by atoms with van der Waals surface area (Å²) in [6.45, 7) is 3.59. The Kier molecular flexibility index (Phi) is 7.47. The lowest BCUT2D eigenvalue weighted by atomic mass is 9.85. The van der Waals surface area contributed by atoms with E-state index in [1.54, 1.807) is 6.92 Å². The number of rotatable bonds is 3. The van der Waals surface area contributed by atoms with Crippen molar-refractivity contribution in [3.63, 3.8) is 0 Å². The fourth-order valence-corrected chi connectivity index (χ4v) is 2.76. The molecule has 5 heteroatoms. The Hall–Kier alpha value is -0.660. The van der Waals surface area contributed by atoms with E-state index >= 15 is 0 Å². The fourth-order valence-electron chi connectivity index (χ4n) is 2.08. The topological polar surface area (TPSA) is 60.8 Å². The molecule has 0 amide bonds. The van der Waals surface area contributed by atoms with E-state index in [0.29, 0.717) is 0 Å². The van der Waals surface area contributed by atoms with Crippen LogP contribution in [0.1, 0.15) is 31.7 Å². The number of aliphatic carboxylic acids is 1. The number of hydrogen-bond acceptors (Lipinski definition) is 3. The average molecular weight is 391 g/mol. The minimum atomic E-state index is -0.745. The van der Waals surface area contributed by atoms with E-state index < -0.39 is 11.6 Å². The molecule has 0 aliphatic carbocycles. The van der Waals surface area contributed by atoms with Gasteiger partial charge in [-0.25, -0.2) is 0 Å². The molecule has 0 saturated carbocycles. The molecule has 0 aromatic heterocycles. The van der Waals surface area contributed by atoms with E-state index in [1.165, 1.54) is 0 Å². The van der Waals surface area contributed by atoms with Crippen LogP contribution in [-0.4, -0.2) is 38.7 Å². The number of carbonyl (C=O) groups is 1. The Morgan fingerprint density at radius 1 is 1.30 bits per heavy atom. The van der Waals surface area contributed by atoms with Crippen LogP contribution in [-0.2, 0) is 10.4 Å². The molecule has 0 atom stereocenters. The van der Waals surface area contributed by atoms with Gasteiger partial charge in [-0.05, 0) is 18.4 Å². The van der Waals surface area contributed by atoms with Crippen LogP contribution in [0.2, 0.25) is 0 Å². The van der Waals surface area contributed by atoms with Gasteiger partial charge in [0.25, 0.3) is 0 Å². The van der Waals surface area contributed by atoms with Crippen LogP contribution in [0.4, 0.5) is 0 Å². The van der Waals surface area contributed by atoms with E-state index in [-0.39, 0.29) is 6.42 Å². The van der Waals surface area contributed by atoms with Gasteiger partial charge in [0.15, 0.2) is 0 Å². The molecular formula is C15H22INO3. The zero-order valence-electron chi connectivity index (χ0n) is 11.8. The molecule has 4 nitrogen and oxygen atoms in total. The minimum Gasteiger partial charge on any atom is -0.481 e. The van der Waals surface area contributed by atoms with Gasteiger partial charge in [0, 0.05) is 19.5 Å². The number of halogens is 1. The molecule has 112 valence electrons.